The first kappa shape index (κ1) is 17.4. The lowest BCUT2D eigenvalue weighted by molar-refractivity contribution is 0.296. The molecule has 25 heavy (non-hydrogen) atoms. The predicted octanol–water partition coefficient (Wildman–Crippen LogP) is 4.17. The van der Waals surface area contributed by atoms with Crippen LogP contribution in [0.5, 0.6) is 11.5 Å². The maximum atomic E-state index is 5.85. The number of halogens is 1. The van der Waals surface area contributed by atoms with Crippen LogP contribution >= 0.6 is 28.1 Å². The number of hydrogen-bond acceptors (Lipinski definition) is 5. The molecule has 0 saturated heterocycles. The Morgan fingerprint density at radius 1 is 1.32 bits per heavy atom. The van der Waals surface area contributed by atoms with Gasteiger partial charge in [0.05, 0.1) is 13.3 Å². The van der Waals surface area contributed by atoms with Gasteiger partial charge in [-0.1, -0.05) is 22.0 Å². The fraction of sp³-hybridized carbons (Fsp3) is 0.118. The zero-order valence-corrected chi connectivity index (χ0v) is 15.8. The number of H-pyrrole nitrogens is 1. The predicted molar refractivity (Wildman–Crippen MR) is 102 cm³/mol. The number of aromatic nitrogens is 3. The second kappa shape index (κ2) is 8.09. The maximum absolute atomic E-state index is 5.85. The summed E-state index contributed by atoms with van der Waals surface area (Å²) in [6.07, 6.45) is 3.22. The average molecular weight is 419 g/mol. The molecule has 0 radical (unpaired) electrons. The number of ether oxygens (including phenoxy) is 2. The number of rotatable bonds is 6. The molecule has 1 heterocycles. The van der Waals surface area contributed by atoms with Gasteiger partial charge in [-0.3, -0.25) is 5.10 Å². The molecule has 0 aliphatic heterocycles. The van der Waals surface area contributed by atoms with Crippen LogP contribution in [0.4, 0.5) is 0 Å². The minimum absolute atomic E-state index is 0.381. The first-order valence-electron chi connectivity index (χ1n) is 7.37. The molecule has 2 aromatic carbocycles. The molecular weight excluding hydrogens is 404 g/mol. The summed E-state index contributed by atoms with van der Waals surface area (Å²) in [5, 5.41) is 10.7. The first-order valence-corrected chi connectivity index (χ1v) is 8.57. The van der Waals surface area contributed by atoms with Crippen molar-refractivity contribution in [3.8, 4) is 11.5 Å². The molecule has 8 heteroatoms. The van der Waals surface area contributed by atoms with Crippen molar-refractivity contribution < 1.29 is 9.47 Å². The van der Waals surface area contributed by atoms with Crippen molar-refractivity contribution in [2.75, 3.05) is 7.11 Å². The summed E-state index contributed by atoms with van der Waals surface area (Å²) < 4.78 is 14.1. The molecule has 0 atom stereocenters. The van der Waals surface area contributed by atoms with Crippen LogP contribution in [0, 0.1) is 4.77 Å². The van der Waals surface area contributed by atoms with E-state index >= 15 is 0 Å². The Morgan fingerprint density at radius 2 is 2.20 bits per heavy atom. The van der Waals surface area contributed by atoms with Crippen molar-refractivity contribution in [3.05, 3.63) is 69.2 Å². The van der Waals surface area contributed by atoms with E-state index in [9.17, 15) is 0 Å². The summed E-state index contributed by atoms with van der Waals surface area (Å²) in [5.41, 5.74) is 1.82. The van der Waals surface area contributed by atoms with E-state index < -0.39 is 0 Å². The standard InChI is InChI=1S/C17H15BrN4O2S/c1-23-16-6-5-12(9-20-22-11-19-21-17(22)25)7-13(16)10-24-15-4-2-3-14(18)8-15/h2-9,11H,10H2,1H3,(H,21,25). The molecule has 0 bridgehead atoms. The van der Waals surface area contributed by atoms with Gasteiger partial charge in [-0.25, -0.2) is 0 Å². The van der Waals surface area contributed by atoms with Gasteiger partial charge in [0.2, 0.25) is 4.77 Å². The van der Waals surface area contributed by atoms with Gasteiger partial charge in [-0.2, -0.15) is 14.9 Å². The highest BCUT2D eigenvalue weighted by molar-refractivity contribution is 9.10. The third kappa shape index (κ3) is 4.55. The quantitative estimate of drug-likeness (QED) is 0.481. The number of benzene rings is 2. The Balaban J connectivity index is 1.79. The topological polar surface area (TPSA) is 64.4 Å². The number of nitrogens with zero attached hydrogens (tertiary/aromatic N) is 3. The van der Waals surface area contributed by atoms with Crippen LogP contribution in [0.25, 0.3) is 0 Å². The van der Waals surface area contributed by atoms with Crippen molar-refractivity contribution in [2.24, 2.45) is 5.10 Å². The van der Waals surface area contributed by atoms with E-state index in [0.717, 1.165) is 27.1 Å². The smallest absolute Gasteiger partial charge is 0.216 e. The number of nitrogens with one attached hydrogen (secondary N) is 1. The molecular formula is C17H15BrN4O2S. The molecule has 1 N–H and O–H groups in total. The maximum Gasteiger partial charge on any atom is 0.216 e. The van der Waals surface area contributed by atoms with Crippen LogP contribution in [0.15, 0.2) is 58.4 Å². The van der Waals surface area contributed by atoms with Gasteiger partial charge in [0.25, 0.3) is 0 Å². The van der Waals surface area contributed by atoms with Crippen LogP contribution in [-0.2, 0) is 6.61 Å². The van der Waals surface area contributed by atoms with Crippen LogP contribution < -0.4 is 9.47 Å². The molecule has 0 aliphatic rings. The molecule has 128 valence electrons. The van der Waals surface area contributed by atoms with E-state index in [1.54, 1.807) is 13.3 Å². The minimum Gasteiger partial charge on any atom is -0.496 e. The van der Waals surface area contributed by atoms with Crippen molar-refractivity contribution in [1.29, 1.82) is 0 Å². The summed E-state index contributed by atoms with van der Waals surface area (Å²) in [4.78, 5) is 0. The lowest BCUT2D eigenvalue weighted by atomic mass is 10.1. The van der Waals surface area contributed by atoms with Gasteiger partial charge in [0.15, 0.2) is 0 Å². The van der Waals surface area contributed by atoms with E-state index in [-0.39, 0.29) is 0 Å². The zero-order valence-electron chi connectivity index (χ0n) is 13.3. The van der Waals surface area contributed by atoms with E-state index in [2.05, 4.69) is 31.2 Å². The van der Waals surface area contributed by atoms with Gasteiger partial charge < -0.3 is 9.47 Å². The third-order valence-electron chi connectivity index (χ3n) is 3.36. The average Bonchev–Trinajstić information content (AvgIpc) is 3.03. The Labute approximate surface area is 158 Å². The highest BCUT2D eigenvalue weighted by Crippen LogP contribution is 2.23. The molecule has 3 rings (SSSR count). The fourth-order valence-corrected chi connectivity index (χ4v) is 2.69. The second-order valence-corrected chi connectivity index (χ2v) is 6.37. The van der Waals surface area contributed by atoms with E-state index in [4.69, 9.17) is 21.7 Å². The lowest BCUT2D eigenvalue weighted by Crippen LogP contribution is -2.00. The summed E-state index contributed by atoms with van der Waals surface area (Å²) in [5.74, 6) is 1.53. The Kier molecular flexibility index (Phi) is 5.62. The van der Waals surface area contributed by atoms with Gasteiger partial charge in [0, 0.05) is 10.0 Å². The summed E-state index contributed by atoms with van der Waals surface area (Å²) in [6.45, 7) is 0.381. The van der Waals surface area contributed by atoms with Gasteiger partial charge in [-0.15, -0.1) is 0 Å². The number of methoxy groups -OCH3 is 1. The van der Waals surface area contributed by atoms with Gasteiger partial charge in [0.1, 0.15) is 24.4 Å². The van der Waals surface area contributed by atoms with Crippen LogP contribution in [0.3, 0.4) is 0 Å². The fourth-order valence-electron chi connectivity index (χ4n) is 2.16. The van der Waals surface area contributed by atoms with E-state index in [1.165, 1.54) is 11.0 Å². The van der Waals surface area contributed by atoms with Crippen LogP contribution in [-0.4, -0.2) is 28.2 Å². The largest absolute Gasteiger partial charge is 0.496 e. The summed E-state index contributed by atoms with van der Waals surface area (Å²) in [6, 6.07) is 13.5. The monoisotopic (exact) mass is 418 g/mol. The molecule has 0 fully saturated rings. The Morgan fingerprint density at radius 3 is 2.92 bits per heavy atom. The summed E-state index contributed by atoms with van der Waals surface area (Å²) >= 11 is 8.49. The van der Waals surface area contributed by atoms with Crippen molar-refractivity contribution >= 4 is 34.4 Å². The first-order chi connectivity index (χ1) is 12.2. The molecule has 1 aromatic heterocycles. The molecule has 0 spiro atoms. The normalized spacial score (nSPS) is 11.0. The van der Waals surface area contributed by atoms with Crippen LogP contribution in [0.1, 0.15) is 11.1 Å². The molecule has 0 unspecified atom stereocenters. The number of aromatic amines is 1. The van der Waals surface area contributed by atoms with Crippen molar-refractivity contribution in [2.45, 2.75) is 6.61 Å². The summed E-state index contributed by atoms with van der Waals surface area (Å²) in [7, 11) is 1.64. The molecule has 0 aliphatic carbocycles. The molecule has 0 amide bonds. The zero-order chi connectivity index (χ0) is 17.6. The van der Waals surface area contributed by atoms with E-state index in [1.807, 2.05) is 42.5 Å². The minimum atomic E-state index is 0.381. The third-order valence-corrected chi connectivity index (χ3v) is 4.13. The highest BCUT2D eigenvalue weighted by atomic mass is 79.9. The Bertz CT molecular complexity index is 952. The number of hydrogen-bond donors (Lipinski definition) is 1. The molecule has 3 aromatic rings. The lowest BCUT2D eigenvalue weighted by Gasteiger charge is -2.11. The van der Waals surface area contributed by atoms with Crippen LogP contribution in [0.2, 0.25) is 0 Å². The van der Waals surface area contributed by atoms with Crippen molar-refractivity contribution in [3.63, 3.8) is 0 Å². The second-order valence-electron chi connectivity index (χ2n) is 5.07. The Hall–Kier alpha value is -2.45. The van der Waals surface area contributed by atoms with Gasteiger partial charge >= 0.3 is 0 Å². The van der Waals surface area contributed by atoms with Crippen molar-refractivity contribution in [1.82, 2.24) is 14.9 Å². The molecule has 0 saturated carbocycles. The van der Waals surface area contributed by atoms with Gasteiger partial charge in [-0.05, 0) is 54.2 Å². The van der Waals surface area contributed by atoms with E-state index in [0.29, 0.717) is 11.4 Å². The highest BCUT2D eigenvalue weighted by Gasteiger charge is 2.06. The molecule has 6 nitrogen and oxygen atoms in total. The SMILES string of the molecule is COc1ccc(C=Nn2cn[nH]c2=S)cc1COc1cccc(Br)c1.